The van der Waals surface area contributed by atoms with Crippen LogP contribution >= 0.6 is 0 Å². The predicted molar refractivity (Wildman–Crippen MR) is 68.3 cm³/mol. The first kappa shape index (κ1) is 15.5. The van der Waals surface area contributed by atoms with Gasteiger partial charge in [-0.3, -0.25) is 4.79 Å². The summed E-state index contributed by atoms with van der Waals surface area (Å²) in [5.41, 5.74) is 0. The zero-order chi connectivity index (χ0) is 12.4. The van der Waals surface area contributed by atoms with Crippen LogP contribution in [-0.2, 0) is 9.53 Å². The summed E-state index contributed by atoms with van der Waals surface area (Å²) in [5.74, 6) is 1.98. The van der Waals surface area contributed by atoms with Crippen LogP contribution in [0.5, 0.6) is 0 Å². The number of hydrogen-bond donors (Lipinski definition) is 0. The Morgan fingerprint density at radius 3 is 2.00 bits per heavy atom. The molecule has 0 saturated heterocycles. The average Bonchev–Trinajstić information content (AvgIpc) is 2.32. The van der Waals surface area contributed by atoms with Crippen LogP contribution in [0, 0.1) is 11.8 Å². The molecule has 0 spiro atoms. The highest BCUT2D eigenvalue weighted by Gasteiger charge is 2.20. The van der Waals surface area contributed by atoms with Crippen LogP contribution in [0.4, 0.5) is 0 Å². The first-order chi connectivity index (χ1) is 7.61. The Bertz CT molecular complexity index is 170. The van der Waals surface area contributed by atoms with Gasteiger partial charge in [0.25, 0.3) is 0 Å². The molecule has 96 valence electrons. The van der Waals surface area contributed by atoms with Crippen LogP contribution in [0.1, 0.15) is 66.2 Å². The molecule has 0 N–H and O–H groups in total. The lowest BCUT2D eigenvalue weighted by Crippen LogP contribution is -2.18. The lowest BCUT2D eigenvalue weighted by Gasteiger charge is -2.29. The maximum atomic E-state index is 10.6. The van der Waals surface area contributed by atoms with Crippen molar-refractivity contribution in [3.8, 4) is 0 Å². The minimum Gasteiger partial charge on any atom is -0.466 e. The van der Waals surface area contributed by atoms with Crippen molar-refractivity contribution >= 4 is 5.97 Å². The number of rotatable bonds is 5. The maximum Gasteiger partial charge on any atom is 0.305 e. The lowest BCUT2D eigenvalue weighted by molar-refractivity contribution is -0.143. The van der Waals surface area contributed by atoms with Crippen molar-refractivity contribution in [2.75, 3.05) is 6.61 Å². The molecule has 16 heavy (non-hydrogen) atoms. The van der Waals surface area contributed by atoms with Crippen molar-refractivity contribution < 1.29 is 9.53 Å². The molecule has 0 aromatic heterocycles. The van der Waals surface area contributed by atoms with Gasteiger partial charge in [0.05, 0.1) is 6.61 Å². The van der Waals surface area contributed by atoms with Crippen LogP contribution in [-0.4, -0.2) is 12.6 Å². The molecule has 0 aliphatic heterocycles. The second-order valence-corrected chi connectivity index (χ2v) is 4.81. The highest BCUT2D eigenvalue weighted by Crippen LogP contribution is 2.32. The molecule has 2 heteroatoms. The number of ether oxygens (including phenoxy) is 1. The summed E-state index contributed by atoms with van der Waals surface area (Å²) in [5, 5.41) is 0. The molecule has 2 nitrogen and oxygen atoms in total. The van der Waals surface area contributed by atoms with E-state index in [9.17, 15) is 4.79 Å². The molecule has 1 saturated carbocycles. The molecule has 1 fully saturated rings. The summed E-state index contributed by atoms with van der Waals surface area (Å²) < 4.78 is 4.85. The van der Waals surface area contributed by atoms with E-state index in [0.717, 1.165) is 24.7 Å². The topological polar surface area (TPSA) is 26.3 Å². The van der Waals surface area contributed by atoms with E-state index in [1.165, 1.54) is 19.3 Å². The van der Waals surface area contributed by atoms with Crippen molar-refractivity contribution in [3.63, 3.8) is 0 Å². The van der Waals surface area contributed by atoms with Gasteiger partial charge < -0.3 is 4.74 Å². The van der Waals surface area contributed by atoms with Gasteiger partial charge in [-0.1, -0.05) is 53.4 Å². The fraction of sp³-hybridized carbons (Fsp3) is 0.929. The number of carbonyl (C=O) groups is 1. The minimum absolute atomic E-state index is 0.0869. The van der Waals surface area contributed by atoms with E-state index in [2.05, 4.69) is 20.8 Å². The molecule has 2 unspecified atom stereocenters. The second kappa shape index (κ2) is 9.68. The van der Waals surface area contributed by atoms with E-state index in [0.29, 0.717) is 13.0 Å². The fourth-order valence-corrected chi connectivity index (χ4v) is 1.47. The summed E-state index contributed by atoms with van der Waals surface area (Å²) in [6.07, 6.45) is 6.76. The minimum atomic E-state index is -0.0869. The fourth-order valence-electron chi connectivity index (χ4n) is 1.47. The van der Waals surface area contributed by atoms with Gasteiger partial charge >= 0.3 is 5.97 Å². The largest absolute Gasteiger partial charge is 0.466 e. The molecule has 0 aromatic carbocycles. The van der Waals surface area contributed by atoms with Crippen molar-refractivity contribution in [3.05, 3.63) is 0 Å². The number of hydrogen-bond acceptors (Lipinski definition) is 2. The van der Waals surface area contributed by atoms with Gasteiger partial charge in [0.15, 0.2) is 0 Å². The standard InChI is InChI=1S/C8H16O2.C6H12/c1-3-5-6-7-10-8(9)4-2;1-5-3-4-6(5)2/h3-7H2,1-2H3;5-6H,3-4H2,1-2H3. The van der Waals surface area contributed by atoms with E-state index >= 15 is 0 Å². The zero-order valence-electron chi connectivity index (χ0n) is 11.4. The van der Waals surface area contributed by atoms with E-state index in [-0.39, 0.29) is 5.97 Å². The first-order valence-electron chi connectivity index (χ1n) is 6.77. The summed E-state index contributed by atoms with van der Waals surface area (Å²) in [6, 6.07) is 0. The van der Waals surface area contributed by atoms with E-state index < -0.39 is 0 Å². The summed E-state index contributed by atoms with van der Waals surface area (Å²) in [6.45, 7) is 9.19. The van der Waals surface area contributed by atoms with Crippen LogP contribution in [0.15, 0.2) is 0 Å². The number of esters is 1. The third-order valence-electron chi connectivity index (χ3n) is 3.35. The SMILES string of the molecule is CC1CCC1C.CCCCCOC(=O)CC. The summed E-state index contributed by atoms with van der Waals surface area (Å²) in [4.78, 5) is 10.6. The molecule has 2 atom stereocenters. The Balaban J connectivity index is 0.000000315. The van der Waals surface area contributed by atoms with Crippen molar-refractivity contribution in [1.82, 2.24) is 0 Å². The molecule has 0 bridgehead atoms. The van der Waals surface area contributed by atoms with Gasteiger partial charge in [0, 0.05) is 6.42 Å². The summed E-state index contributed by atoms with van der Waals surface area (Å²) >= 11 is 0. The number of carbonyl (C=O) groups excluding carboxylic acids is 1. The Morgan fingerprint density at radius 2 is 1.69 bits per heavy atom. The highest BCUT2D eigenvalue weighted by molar-refractivity contribution is 5.68. The summed E-state index contributed by atoms with van der Waals surface area (Å²) in [7, 11) is 0. The van der Waals surface area contributed by atoms with Crippen molar-refractivity contribution in [2.45, 2.75) is 66.2 Å². The Morgan fingerprint density at radius 1 is 1.12 bits per heavy atom. The van der Waals surface area contributed by atoms with Crippen molar-refractivity contribution in [2.24, 2.45) is 11.8 Å². The first-order valence-corrected chi connectivity index (χ1v) is 6.77. The molecule has 1 aliphatic carbocycles. The van der Waals surface area contributed by atoms with E-state index in [1.54, 1.807) is 0 Å². The highest BCUT2D eigenvalue weighted by atomic mass is 16.5. The van der Waals surface area contributed by atoms with Crippen molar-refractivity contribution in [1.29, 1.82) is 0 Å². The van der Waals surface area contributed by atoms with Gasteiger partial charge in [-0.05, 0) is 18.3 Å². The lowest BCUT2D eigenvalue weighted by atomic mass is 9.77. The average molecular weight is 228 g/mol. The molecular weight excluding hydrogens is 200 g/mol. The molecule has 0 heterocycles. The van der Waals surface area contributed by atoms with E-state index in [1.807, 2.05) is 6.92 Å². The van der Waals surface area contributed by atoms with E-state index in [4.69, 9.17) is 4.74 Å². The Labute approximate surface area is 101 Å². The van der Waals surface area contributed by atoms with Crippen LogP contribution < -0.4 is 0 Å². The van der Waals surface area contributed by atoms with Gasteiger partial charge in [-0.2, -0.15) is 0 Å². The second-order valence-electron chi connectivity index (χ2n) is 4.81. The van der Waals surface area contributed by atoms with Crippen LogP contribution in [0.25, 0.3) is 0 Å². The smallest absolute Gasteiger partial charge is 0.305 e. The molecule has 0 amide bonds. The third-order valence-corrected chi connectivity index (χ3v) is 3.35. The predicted octanol–water partition coefficient (Wildman–Crippen LogP) is 4.18. The molecule has 0 aromatic rings. The van der Waals surface area contributed by atoms with Gasteiger partial charge in [0.1, 0.15) is 0 Å². The molecule has 0 radical (unpaired) electrons. The Kier molecular flexibility index (Phi) is 9.36. The van der Waals surface area contributed by atoms with Gasteiger partial charge in [-0.15, -0.1) is 0 Å². The number of unbranched alkanes of at least 4 members (excludes halogenated alkanes) is 2. The maximum absolute atomic E-state index is 10.6. The molecule has 1 rings (SSSR count). The van der Waals surface area contributed by atoms with Gasteiger partial charge in [-0.25, -0.2) is 0 Å². The van der Waals surface area contributed by atoms with Gasteiger partial charge in [0.2, 0.25) is 0 Å². The Hall–Kier alpha value is -0.530. The van der Waals surface area contributed by atoms with Crippen LogP contribution in [0.3, 0.4) is 0 Å². The molecule has 1 aliphatic rings. The third kappa shape index (κ3) is 7.72. The molecular formula is C14H28O2. The van der Waals surface area contributed by atoms with Crippen LogP contribution in [0.2, 0.25) is 0 Å². The normalized spacial score (nSPS) is 22.8. The monoisotopic (exact) mass is 228 g/mol. The quantitative estimate of drug-likeness (QED) is 0.521. The zero-order valence-corrected chi connectivity index (χ0v) is 11.4.